The summed E-state index contributed by atoms with van der Waals surface area (Å²) in [5, 5.41) is 0. The summed E-state index contributed by atoms with van der Waals surface area (Å²) in [6, 6.07) is 7.63. The normalized spacial score (nSPS) is 17.8. The number of hydrogen-bond donors (Lipinski definition) is 2. The van der Waals surface area contributed by atoms with E-state index in [1.807, 2.05) is 24.3 Å². The summed E-state index contributed by atoms with van der Waals surface area (Å²) in [4.78, 5) is 12.2. The fraction of sp³-hybridized carbons (Fsp3) is 0.533. The molecule has 0 spiro atoms. The van der Waals surface area contributed by atoms with E-state index in [-0.39, 0.29) is 5.97 Å². The van der Waals surface area contributed by atoms with Crippen LogP contribution < -0.4 is 11.5 Å². The van der Waals surface area contributed by atoms with Crippen LogP contribution in [0.25, 0.3) is 0 Å². The van der Waals surface area contributed by atoms with Gasteiger partial charge in [0.05, 0.1) is 12.5 Å². The first-order chi connectivity index (χ1) is 9.09. The highest BCUT2D eigenvalue weighted by Gasteiger charge is 2.43. The largest absolute Gasteiger partial charge is 0.469 e. The molecule has 4 heteroatoms. The number of nitrogen functional groups attached to an aromatic ring is 1. The maximum atomic E-state index is 12.2. The Labute approximate surface area is 114 Å². The molecule has 0 amide bonds. The van der Waals surface area contributed by atoms with E-state index in [0.29, 0.717) is 24.6 Å². The summed E-state index contributed by atoms with van der Waals surface area (Å²) in [6.45, 7) is 0.310. The van der Waals surface area contributed by atoms with Gasteiger partial charge in [-0.05, 0) is 36.5 Å². The summed E-state index contributed by atoms with van der Waals surface area (Å²) >= 11 is 0. The topological polar surface area (TPSA) is 78.3 Å². The van der Waals surface area contributed by atoms with Crippen LogP contribution in [0.2, 0.25) is 0 Å². The maximum absolute atomic E-state index is 12.2. The van der Waals surface area contributed by atoms with Crippen LogP contribution in [0.1, 0.15) is 24.8 Å². The van der Waals surface area contributed by atoms with Crippen molar-refractivity contribution in [3.05, 3.63) is 29.8 Å². The minimum atomic E-state index is -0.607. The molecule has 4 nitrogen and oxygen atoms in total. The zero-order chi connectivity index (χ0) is 13.9. The van der Waals surface area contributed by atoms with Gasteiger partial charge in [0.1, 0.15) is 0 Å². The second-order valence-corrected chi connectivity index (χ2v) is 5.55. The van der Waals surface area contributed by atoms with Crippen molar-refractivity contribution in [3.8, 4) is 0 Å². The van der Waals surface area contributed by atoms with Crippen LogP contribution in [-0.4, -0.2) is 19.6 Å². The van der Waals surface area contributed by atoms with E-state index < -0.39 is 5.41 Å². The number of carbonyl (C=O) groups is 1. The van der Waals surface area contributed by atoms with Crippen molar-refractivity contribution in [1.29, 1.82) is 0 Å². The van der Waals surface area contributed by atoms with Crippen LogP contribution in [0, 0.1) is 11.3 Å². The molecule has 0 heterocycles. The predicted molar refractivity (Wildman–Crippen MR) is 75.4 cm³/mol. The van der Waals surface area contributed by atoms with Crippen molar-refractivity contribution in [2.75, 3.05) is 19.4 Å². The Morgan fingerprint density at radius 1 is 1.47 bits per heavy atom. The lowest BCUT2D eigenvalue weighted by Crippen LogP contribution is -2.42. The quantitative estimate of drug-likeness (QED) is 0.604. The molecule has 0 saturated heterocycles. The van der Waals surface area contributed by atoms with Crippen LogP contribution in [0.5, 0.6) is 0 Å². The van der Waals surface area contributed by atoms with Gasteiger partial charge in [-0.1, -0.05) is 25.0 Å². The van der Waals surface area contributed by atoms with Crippen molar-refractivity contribution >= 4 is 11.7 Å². The molecule has 2 rings (SSSR count). The number of nitrogens with two attached hydrogens (primary N) is 2. The highest BCUT2D eigenvalue weighted by molar-refractivity contribution is 5.77. The number of anilines is 1. The average Bonchev–Trinajstić information content (AvgIpc) is 3.21. The number of carbonyl (C=O) groups excluding carboxylic acids is 1. The monoisotopic (exact) mass is 262 g/mol. The molecular weight excluding hydrogens is 240 g/mol. The lowest BCUT2D eigenvalue weighted by molar-refractivity contribution is -0.153. The van der Waals surface area contributed by atoms with E-state index in [4.69, 9.17) is 16.2 Å². The number of esters is 1. The van der Waals surface area contributed by atoms with Crippen LogP contribution >= 0.6 is 0 Å². The summed E-state index contributed by atoms with van der Waals surface area (Å²) < 4.78 is 4.99. The first kappa shape index (κ1) is 13.9. The Kier molecular flexibility index (Phi) is 4.10. The molecule has 0 bridgehead atoms. The van der Waals surface area contributed by atoms with Crippen molar-refractivity contribution in [2.24, 2.45) is 17.1 Å². The van der Waals surface area contributed by atoms with Crippen molar-refractivity contribution < 1.29 is 9.53 Å². The molecule has 4 N–H and O–H groups in total. The number of methoxy groups -OCH3 is 1. The molecule has 1 atom stereocenters. The molecule has 1 aliphatic carbocycles. The Bertz CT molecular complexity index is 457. The van der Waals surface area contributed by atoms with E-state index in [9.17, 15) is 4.79 Å². The van der Waals surface area contributed by atoms with Crippen LogP contribution in [0.15, 0.2) is 24.3 Å². The third kappa shape index (κ3) is 3.26. The van der Waals surface area contributed by atoms with Gasteiger partial charge in [0.15, 0.2) is 0 Å². The Balaban J connectivity index is 2.22. The van der Waals surface area contributed by atoms with E-state index in [2.05, 4.69) is 0 Å². The smallest absolute Gasteiger partial charge is 0.313 e. The molecule has 1 saturated carbocycles. The molecule has 1 aromatic carbocycles. The molecule has 1 fully saturated rings. The molecule has 0 radical (unpaired) electrons. The summed E-state index contributed by atoms with van der Waals surface area (Å²) in [5.74, 6) is 0.410. The van der Waals surface area contributed by atoms with E-state index in [0.717, 1.165) is 12.0 Å². The van der Waals surface area contributed by atoms with Crippen molar-refractivity contribution in [3.63, 3.8) is 0 Å². The summed E-state index contributed by atoms with van der Waals surface area (Å²) in [5.41, 5.74) is 12.8. The van der Waals surface area contributed by atoms with Gasteiger partial charge >= 0.3 is 5.97 Å². The lowest BCUT2D eigenvalue weighted by atomic mass is 9.77. The minimum Gasteiger partial charge on any atom is -0.469 e. The Hall–Kier alpha value is -1.55. The first-order valence-corrected chi connectivity index (χ1v) is 6.72. The predicted octanol–water partition coefficient (Wildman–Crippen LogP) is 1.73. The molecule has 1 aromatic rings. The highest BCUT2D eigenvalue weighted by Crippen LogP contribution is 2.42. The minimum absolute atomic E-state index is 0.204. The zero-order valence-electron chi connectivity index (χ0n) is 11.4. The Morgan fingerprint density at radius 2 is 2.21 bits per heavy atom. The fourth-order valence-corrected chi connectivity index (χ4v) is 2.65. The Morgan fingerprint density at radius 3 is 2.74 bits per heavy atom. The third-order valence-corrected chi connectivity index (χ3v) is 3.88. The van der Waals surface area contributed by atoms with Gasteiger partial charge in [-0.3, -0.25) is 4.79 Å². The molecular formula is C15H22N2O2. The van der Waals surface area contributed by atoms with Crippen molar-refractivity contribution in [2.45, 2.75) is 25.7 Å². The van der Waals surface area contributed by atoms with Gasteiger partial charge in [-0.15, -0.1) is 0 Å². The summed E-state index contributed by atoms with van der Waals surface area (Å²) in [6.07, 6.45) is 3.79. The highest BCUT2D eigenvalue weighted by atomic mass is 16.5. The van der Waals surface area contributed by atoms with Gasteiger partial charge in [-0.2, -0.15) is 0 Å². The van der Waals surface area contributed by atoms with Crippen LogP contribution in [0.3, 0.4) is 0 Å². The van der Waals surface area contributed by atoms with Gasteiger partial charge in [-0.25, -0.2) is 0 Å². The standard InChI is InChI=1S/C15H22N2O2/c1-19-14(18)15(10-16,8-11-5-6-11)9-12-3-2-4-13(17)7-12/h2-4,7,11H,5-6,8-10,16-17H2,1H3. The van der Waals surface area contributed by atoms with Gasteiger partial charge in [0, 0.05) is 12.2 Å². The molecule has 0 aromatic heterocycles. The SMILES string of the molecule is COC(=O)C(CN)(Cc1cccc(N)c1)CC1CC1. The van der Waals surface area contributed by atoms with E-state index in [1.165, 1.54) is 20.0 Å². The van der Waals surface area contributed by atoms with Crippen LogP contribution in [-0.2, 0) is 16.0 Å². The molecule has 1 unspecified atom stereocenters. The molecule has 0 aliphatic heterocycles. The van der Waals surface area contributed by atoms with E-state index in [1.54, 1.807) is 0 Å². The second kappa shape index (κ2) is 5.61. The zero-order valence-corrected chi connectivity index (χ0v) is 11.4. The second-order valence-electron chi connectivity index (χ2n) is 5.55. The molecule has 1 aliphatic rings. The number of ether oxygens (including phenoxy) is 1. The van der Waals surface area contributed by atoms with Crippen LogP contribution in [0.4, 0.5) is 5.69 Å². The van der Waals surface area contributed by atoms with Gasteiger partial charge < -0.3 is 16.2 Å². The van der Waals surface area contributed by atoms with Crippen molar-refractivity contribution in [1.82, 2.24) is 0 Å². The number of benzene rings is 1. The van der Waals surface area contributed by atoms with E-state index >= 15 is 0 Å². The number of rotatable bonds is 6. The summed E-state index contributed by atoms with van der Waals surface area (Å²) in [7, 11) is 1.43. The number of hydrogen-bond acceptors (Lipinski definition) is 4. The van der Waals surface area contributed by atoms with Gasteiger partial charge in [0.25, 0.3) is 0 Å². The molecule has 104 valence electrons. The van der Waals surface area contributed by atoms with Gasteiger partial charge in [0.2, 0.25) is 0 Å². The fourth-order valence-electron chi connectivity index (χ4n) is 2.65. The lowest BCUT2D eigenvalue weighted by Gasteiger charge is -2.30. The average molecular weight is 262 g/mol. The first-order valence-electron chi connectivity index (χ1n) is 6.72. The molecule has 19 heavy (non-hydrogen) atoms. The third-order valence-electron chi connectivity index (χ3n) is 3.88. The maximum Gasteiger partial charge on any atom is 0.313 e.